The van der Waals surface area contributed by atoms with Crippen LogP contribution in [-0.4, -0.2) is 22.8 Å². The van der Waals surface area contributed by atoms with Crippen LogP contribution in [0.4, 0.5) is 0 Å². The Morgan fingerprint density at radius 2 is 2.00 bits per heavy atom. The lowest BCUT2D eigenvalue weighted by Crippen LogP contribution is -2.32. The highest BCUT2D eigenvalue weighted by molar-refractivity contribution is 5.05. The second kappa shape index (κ2) is 5.59. The van der Waals surface area contributed by atoms with Gasteiger partial charge in [0.15, 0.2) is 0 Å². The van der Waals surface area contributed by atoms with Gasteiger partial charge >= 0.3 is 0 Å². The van der Waals surface area contributed by atoms with Crippen molar-refractivity contribution in [2.24, 2.45) is 11.7 Å². The molecule has 2 rings (SSSR count). The predicted octanol–water partition coefficient (Wildman–Crippen LogP) is 2.57. The minimum Gasteiger partial charge on any atom is -0.367 e. The van der Waals surface area contributed by atoms with E-state index in [1.807, 2.05) is 13.8 Å². The fourth-order valence-electron chi connectivity index (χ4n) is 2.81. The van der Waals surface area contributed by atoms with E-state index in [9.17, 15) is 0 Å². The molecule has 5 heteroatoms. The summed E-state index contributed by atoms with van der Waals surface area (Å²) >= 11 is 0. The summed E-state index contributed by atoms with van der Waals surface area (Å²) in [4.78, 5) is 4.57. The first-order chi connectivity index (χ1) is 8.94. The minimum absolute atomic E-state index is 0.00613. The second-order valence-electron chi connectivity index (χ2n) is 6.12. The van der Waals surface area contributed by atoms with Crippen molar-refractivity contribution in [3.8, 4) is 0 Å². The molecule has 1 aliphatic rings. The maximum atomic E-state index is 6.03. The number of hydrogen-bond donors (Lipinski definition) is 1. The number of hydrogen-bond acceptors (Lipinski definition) is 5. The summed E-state index contributed by atoms with van der Waals surface area (Å²) in [6, 6.07) is -0.00613. The quantitative estimate of drug-likeness (QED) is 0.907. The van der Waals surface area contributed by atoms with Crippen LogP contribution >= 0.6 is 0 Å². The molecule has 3 unspecified atom stereocenters. The minimum atomic E-state index is -0.403. The van der Waals surface area contributed by atoms with Crippen molar-refractivity contribution in [2.75, 3.05) is 6.61 Å². The van der Waals surface area contributed by atoms with Crippen LogP contribution in [0.3, 0.4) is 0 Å². The third kappa shape index (κ3) is 2.98. The first-order valence-electron chi connectivity index (χ1n) is 7.17. The fraction of sp³-hybridized carbons (Fsp3) is 0.857. The zero-order valence-electron chi connectivity index (χ0n) is 12.3. The van der Waals surface area contributed by atoms with Gasteiger partial charge in [-0.3, -0.25) is 0 Å². The third-order valence-corrected chi connectivity index (χ3v) is 3.95. The van der Waals surface area contributed by atoms with E-state index in [0.29, 0.717) is 17.6 Å². The van der Waals surface area contributed by atoms with Crippen molar-refractivity contribution in [1.29, 1.82) is 0 Å². The molecular formula is C14H25N3O2. The second-order valence-corrected chi connectivity index (χ2v) is 6.12. The molecule has 1 aromatic heterocycles. The zero-order valence-corrected chi connectivity index (χ0v) is 12.3. The van der Waals surface area contributed by atoms with Gasteiger partial charge in [0.1, 0.15) is 5.60 Å². The largest absolute Gasteiger partial charge is 0.367 e. The predicted molar refractivity (Wildman–Crippen MR) is 72.7 cm³/mol. The number of rotatable bonds is 4. The molecule has 0 saturated carbocycles. The number of nitrogens with two attached hydrogens (primary N) is 1. The molecule has 1 saturated heterocycles. The van der Waals surface area contributed by atoms with Crippen molar-refractivity contribution in [3.05, 3.63) is 11.7 Å². The molecule has 0 bridgehead atoms. The van der Waals surface area contributed by atoms with E-state index in [1.54, 1.807) is 0 Å². The zero-order chi connectivity index (χ0) is 14.0. The van der Waals surface area contributed by atoms with E-state index >= 15 is 0 Å². The van der Waals surface area contributed by atoms with E-state index in [1.165, 1.54) is 0 Å². The Morgan fingerprint density at radius 1 is 1.26 bits per heavy atom. The topological polar surface area (TPSA) is 74.2 Å². The summed E-state index contributed by atoms with van der Waals surface area (Å²) in [5.74, 6) is 1.76. The number of aromatic nitrogens is 2. The van der Waals surface area contributed by atoms with Gasteiger partial charge in [0, 0.05) is 12.6 Å². The maximum Gasteiger partial charge on any atom is 0.231 e. The maximum absolute atomic E-state index is 6.03. The van der Waals surface area contributed by atoms with Gasteiger partial charge in [-0.1, -0.05) is 19.0 Å². The first kappa shape index (κ1) is 14.5. The molecule has 0 spiro atoms. The average Bonchev–Trinajstić information content (AvgIpc) is 2.79. The molecule has 2 N–H and O–H groups in total. The van der Waals surface area contributed by atoms with E-state index in [2.05, 4.69) is 24.0 Å². The summed E-state index contributed by atoms with van der Waals surface area (Å²) in [5.41, 5.74) is 5.63. The van der Waals surface area contributed by atoms with E-state index in [-0.39, 0.29) is 12.0 Å². The van der Waals surface area contributed by atoms with Crippen LogP contribution in [0.5, 0.6) is 0 Å². The van der Waals surface area contributed by atoms with E-state index in [0.717, 1.165) is 25.9 Å². The molecule has 2 heterocycles. The Kier molecular flexibility index (Phi) is 4.26. The van der Waals surface area contributed by atoms with Gasteiger partial charge in [0.2, 0.25) is 11.7 Å². The van der Waals surface area contributed by atoms with Gasteiger partial charge in [0.05, 0.1) is 5.92 Å². The van der Waals surface area contributed by atoms with Gasteiger partial charge in [-0.25, -0.2) is 0 Å². The molecule has 5 nitrogen and oxygen atoms in total. The fourth-order valence-corrected chi connectivity index (χ4v) is 2.81. The monoisotopic (exact) mass is 267 g/mol. The Balaban J connectivity index is 2.22. The van der Waals surface area contributed by atoms with Crippen LogP contribution in [0.1, 0.15) is 64.6 Å². The van der Waals surface area contributed by atoms with Crippen LogP contribution < -0.4 is 5.73 Å². The molecule has 108 valence electrons. The summed E-state index contributed by atoms with van der Waals surface area (Å²) in [7, 11) is 0. The number of ether oxygens (including phenoxy) is 1. The summed E-state index contributed by atoms with van der Waals surface area (Å²) in [6.07, 6.45) is 3.19. The van der Waals surface area contributed by atoms with Gasteiger partial charge in [0.25, 0.3) is 0 Å². The third-order valence-electron chi connectivity index (χ3n) is 3.95. The lowest BCUT2D eigenvalue weighted by molar-refractivity contribution is -0.0770. The Labute approximate surface area is 114 Å². The molecule has 19 heavy (non-hydrogen) atoms. The van der Waals surface area contributed by atoms with Crippen LogP contribution in [0.25, 0.3) is 0 Å². The molecule has 3 atom stereocenters. The summed E-state index contributed by atoms with van der Waals surface area (Å²) in [6.45, 7) is 9.03. The van der Waals surface area contributed by atoms with Crippen LogP contribution in [0.2, 0.25) is 0 Å². The van der Waals surface area contributed by atoms with Crippen molar-refractivity contribution in [2.45, 2.75) is 64.5 Å². The average molecular weight is 267 g/mol. The Hall–Kier alpha value is -0.940. The van der Waals surface area contributed by atoms with Crippen molar-refractivity contribution in [3.63, 3.8) is 0 Å². The first-order valence-corrected chi connectivity index (χ1v) is 7.17. The molecule has 1 aromatic rings. The molecule has 0 radical (unpaired) electrons. The van der Waals surface area contributed by atoms with E-state index in [4.69, 9.17) is 15.0 Å². The lowest BCUT2D eigenvalue weighted by Gasteiger charge is -2.30. The van der Waals surface area contributed by atoms with E-state index < -0.39 is 5.60 Å². The summed E-state index contributed by atoms with van der Waals surface area (Å²) < 4.78 is 11.3. The van der Waals surface area contributed by atoms with Crippen LogP contribution in [0.15, 0.2) is 4.52 Å². The van der Waals surface area contributed by atoms with Gasteiger partial charge in [-0.2, -0.15) is 4.98 Å². The normalized spacial score (nSPS) is 27.5. The smallest absolute Gasteiger partial charge is 0.231 e. The molecular weight excluding hydrogens is 242 g/mol. The SMILES string of the molecule is CC(C)C(c1nc(C2(C)CCCCO2)no1)C(C)N. The highest BCUT2D eigenvalue weighted by atomic mass is 16.5. The highest BCUT2D eigenvalue weighted by Gasteiger charge is 2.36. The van der Waals surface area contributed by atoms with Gasteiger partial charge < -0.3 is 15.0 Å². The molecule has 1 aliphatic heterocycles. The lowest BCUT2D eigenvalue weighted by atomic mass is 9.89. The molecule has 0 aromatic carbocycles. The summed E-state index contributed by atoms with van der Waals surface area (Å²) in [5, 5.41) is 4.13. The standard InChI is InChI=1S/C14H25N3O2/c1-9(2)11(10(3)15)12-16-13(17-19-12)14(4)7-5-6-8-18-14/h9-11H,5-8,15H2,1-4H3. The highest BCUT2D eigenvalue weighted by Crippen LogP contribution is 2.34. The van der Waals surface area contributed by atoms with Crippen molar-refractivity contribution < 1.29 is 9.26 Å². The molecule has 1 fully saturated rings. The van der Waals surface area contributed by atoms with Crippen molar-refractivity contribution >= 4 is 0 Å². The van der Waals surface area contributed by atoms with Gasteiger partial charge in [-0.15, -0.1) is 0 Å². The van der Waals surface area contributed by atoms with Crippen LogP contribution in [0, 0.1) is 5.92 Å². The van der Waals surface area contributed by atoms with Crippen LogP contribution in [-0.2, 0) is 10.3 Å². The van der Waals surface area contributed by atoms with Gasteiger partial charge in [-0.05, 0) is 39.0 Å². The van der Waals surface area contributed by atoms with Crippen molar-refractivity contribution in [1.82, 2.24) is 10.1 Å². The number of nitrogens with zero attached hydrogens (tertiary/aromatic N) is 2. The Morgan fingerprint density at radius 3 is 2.53 bits per heavy atom. The molecule has 0 aliphatic carbocycles. The Bertz CT molecular complexity index is 401. The molecule has 0 amide bonds.